The second kappa shape index (κ2) is 6.85. The van der Waals surface area contributed by atoms with Gasteiger partial charge >= 0.3 is 0 Å². The zero-order chi connectivity index (χ0) is 19.0. The summed E-state index contributed by atoms with van der Waals surface area (Å²) in [6.07, 6.45) is 3.58. The van der Waals surface area contributed by atoms with Crippen LogP contribution in [0.2, 0.25) is 0 Å². The molecule has 7 nitrogen and oxygen atoms in total. The molecule has 2 aliphatic heterocycles. The Morgan fingerprint density at radius 2 is 2.07 bits per heavy atom. The van der Waals surface area contributed by atoms with Gasteiger partial charge in [-0.15, -0.1) is 0 Å². The van der Waals surface area contributed by atoms with Gasteiger partial charge in [0, 0.05) is 42.1 Å². The quantitative estimate of drug-likeness (QED) is 0.493. The van der Waals surface area contributed by atoms with Gasteiger partial charge in [0.25, 0.3) is 5.91 Å². The van der Waals surface area contributed by atoms with Crippen LogP contribution in [-0.4, -0.2) is 35.7 Å². The molecular weight excluding hydrogens is 344 g/mol. The molecule has 0 radical (unpaired) electrons. The van der Waals surface area contributed by atoms with E-state index in [1.54, 1.807) is 30.5 Å². The first-order valence-electron chi connectivity index (χ1n) is 8.89. The highest BCUT2D eigenvalue weighted by atomic mass is 16.2. The van der Waals surface area contributed by atoms with Gasteiger partial charge in [-0.05, 0) is 30.3 Å². The Hall–Kier alpha value is -3.19. The highest BCUT2D eigenvalue weighted by Crippen LogP contribution is 2.35. The number of anilines is 2. The molecule has 2 unspecified atom stereocenters. The number of fused-ring (bicyclic) bond motifs is 1. The van der Waals surface area contributed by atoms with Crippen LogP contribution < -0.4 is 16.0 Å². The van der Waals surface area contributed by atoms with Crippen LogP contribution in [0.5, 0.6) is 0 Å². The number of carbonyl (C=O) groups excluding carboxylic acids is 3. The number of nitrogens with one attached hydrogen (secondary N) is 4. The van der Waals surface area contributed by atoms with Crippen molar-refractivity contribution in [1.82, 2.24) is 10.3 Å². The van der Waals surface area contributed by atoms with E-state index in [1.165, 1.54) is 0 Å². The lowest BCUT2D eigenvalue weighted by atomic mass is 9.89. The molecule has 4 N–H and O–H groups in total. The van der Waals surface area contributed by atoms with E-state index < -0.39 is 5.92 Å². The second-order valence-electron chi connectivity index (χ2n) is 6.90. The van der Waals surface area contributed by atoms with Crippen molar-refractivity contribution in [3.8, 4) is 0 Å². The number of ketones is 1. The summed E-state index contributed by atoms with van der Waals surface area (Å²) in [6.45, 7) is 2.76. The lowest BCUT2D eigenvalue weighted by Crippen LogP contribution is -2.47. The third-order valence-electron chi connectivity index (χ3n) is 4.94. The maximum absolute atomic E-state index is 12.5. The first kappa shape index (κ1) is 17.2. The molecule has 2 atom stereocenters. The minimum absolute atomic E-state index is 0.0446. The van der Waals surface area contributed by atoms with Crippen LogP contribution in [-0.2, 0) is 14.4 Å². The smallest absolute Gasteiger partial charge is 0.256 e. The van der Waals surface area contributed by atoms with Gasteiger partial charge in [-0.1, -0.05) is 13.0 Å². The number of Topliss-reactive ketones (excluding diaryl/α,β-unsaturated/α-hetero) is 1. The highest BCUT2D eigenvalue weighted by molar-refractivity contribution is 6.35. The Kier molecular flexibility index (Phi) is 4.37. The van der Waals surface area contributed by atoms with E-state index in [0.717, 1.165) is 11.3 Å². The number of aromatic amines is 1. The van der Waals surface area contributed by atoms with Gasteiger partial charge in [0.2, 0.25) is 5.91 Å². The lowest BCUT2D eigenvalue weighted by Gasteiger charge is -2.25. The van der Waals surface area contributed by atoms with Crippen molar-refractivity contribution in [2.24, 2.45) is 11.8 Å². The predicted molar refractivity (Wildman–Crippen MR) is 103 cm³/mol. The monoisotopic (exact) mass is 364 g/mol. The standard InChI is InChI=1S/C20H20N4O3/c1-11-9-21-10-16(18(11)25)20(27)23-13-4-5-14-15(7-12-3-2-6-22-12)19(26)24-17(14)8-13/h2-8,11,16,21-22H,9-10H2,1H3,(H,23,27)(H,24,26)/b15-7-. The summed E-state index contributed by atoms with van der Waals surface area (Å²) in [7, 11) is 0. The molecule has 1 saturated heterocycles. The number of benzene rings is 1. The molecule has 1 fully saturated rings. The van der Waals surface area contributed by atoms with Gasteiger partial charge < -0.3 is 20.9 Å². The van der Waals surface area contributed by atoms with Crippen molar-refractivity contribution < 1.29 is 14.4 Å². The molecule has 1 aromatic heterocycles. The summed E-state index contributed by atoms with van der Waals surface area (Å²) in [5.74, 6) is -1.43. The molecule has 0 aliphatic carbocycles. The molecule has 1 aromatic carbocycles. The largest absolute Gasteiger partial charge is 0.362 e. The van der Waals surface area contributed by atoms with Crippen LogP contribution in [0.15, 0.2) is 36.5 Å². The zero-order valence-corrected chi connectivity index (χ0v) is 14.8. The topological polar surface area (TPSA) is 103 Å². The molecule has 0 saturated carbocycles. The van der Waals surface area contributed by atoms with Gasteiger partial charge in [0.15, 0.2) is 5.78 Å². The van der Waals surface area contributed by atoms with E-state index in [-0.39, 0.29) is 23.5 Å². The van der Waals surface area contributed by atoms with Gasteiger partial charge in [0.05, 0.1) is 11.3 Å². The average Bonchev–Trinajstić information content (AvgIpc) is 3.25. The van der Waals surface area contributed by atoms with Crippen LogP contribution in [0.25, 0.3) is 11.6 Å². The second-order valence-corrected chi connectivity index (χ2v) is 6.90. The summed E-state index contributed by atoms with van der Waals surface area (Å²) in [6, 6.07) is 8.99. The van der Waals surface area contributed by atoms with Crippen molar-refractivity contribution in [3.05, 3.63) is 47.8 Å². The van der Waals surface area contributed by atoms with Crippen LogP contribution in [0.1, 0.15) is 18.2 Å². The molecule has 0 bridgehead atoms. The molecule has 138 valence electrons. The van der Waals surface area contributed by atoms with Gasteiger partial charge in [-0.25, -0.2) is 0 Å². The van der Waals surface area contributed by atoms with Crippen LogP contribution >= 0.6 is 0 Å². The molecular formula is C20H20N4O3. The summed E-state index contributed by atoms with van der Waals surface area (Å²) in [4.78, 5) is 40.0. The minimum atomic E-state index is -0.695. The maximum atomic E-state index is 12.5. The van der Waals surface area contributed by atoms with Crippen molar-refractivity contribution >= 4 is 40.6 Å². The Balaban J connectivity index is 1.54. The number of amides is 2. The van der Waals surface area contributed by atoms with E-state index in [1.807, 2.05) is 19.1 Å². The Labute approximate surface area is 156 Å². The summed E-state index contributed by atoms with van der Waals surface area (Å²) < 4.78 is 0. The van der Waals surface area contributed by atoms with Crippen molar-refractivity contribution in [3.63, 3.8) is 0 Å². The van der Waals surface area contributed by atoms with E-state index >= 15 is 0 Å². The van der Waals surface area contributed by atoms with E-state index in [4.69, 9.17) is 0 Å². The van der Waals surface area contributed by atoms with Crippen molar-refractivity contribution in [2.75, 3.05) is 23.7 Å². The molecule has 2 aromatic rings. The number of aromatic nitrogens is 1. The number of rotatable bonds is 3. The lowest BCUT2D eigenvalue weighted by molar-refractivity contribution is -0.134. The van der Waals surface area contributed by atoms with Crippen LogP contribution in [0, 0.1) is 11.8 Å². The van der Waals surface area contributed by atoms with Crippen LogP contribution in [0.3, 0.4) is 0 Å². The van der Waals surface area contributed by atoms with E-state index in [2.05, 4.69) is 20.9 Å². The number of carbonyl (C=O) groups is 3. The molecule has 3 heterocycles. The fourth-order valence-corrected chi connectivity index (χ4v) is 3.45. The fraction of sp³-hybridized carbons (Fsp3) is 0.250. The molecule has 2 amide bonds. The average molecular weight is 364 g/mol. The molecule has 0 spiro atoms. The zero-order valence-electron chi connectivity index (χ0n) is 14.8. The number of H-pyrrole nitrogens is 1. The fourth-order valence-electron chi connectivity index (χ4n) is 3.45. The number of hydrogen-bond acceptors (Lipinski definition) is 4. The minimum Gasteiger partial charge on any atom is -0.362 e. The van der Waals surface area contributed by atoms with Crippen molar-refractivity contribution in [2.45, 2.75) is 6.92 Å². The highest BCUT2D eigenvalue weighted by Gasteiger charge is 2.33. The molecule has 4 rings (SSSR count). The maximum Gasteiger partial charge on any atom is 0.256 e. The normalized spacial score (nSPS) is 23.2. The number of hydrogen-bond donors (Lipinski definition) is 4. The van der Waals surface area contributed by atoms with Gasteiger partial charge in [0.1, 0.15) is 5.92 Å². The first-order valence-corrected chi connectivity index (χ1v) is 8.89. The SMILES string of the molecule is CC1CNCC(C(=O)Nc2ccc3c(c2)NC(=O)/C3=C\c2ccc[nH]2)C1=O. The molecule has 7 heteroatoms. The predicted octanol–water partition coefficient (Wildman–Crippen LogP) is 1.87. The third-order valence-corrected chi connectivity index (χ3v) is 4.94. The molecule has 27 heavy (non-hydrogen) atoms. The summed E-state index contributed by atoms with van der Waals surface area (Å²) in [5, 5.41) is 8.71. The Morgan fingerprint density at radius 3 is 2.85 bits per heavy atom. The number of piperidine rings is 1. The van der Waals surface area contributed by atoms with Gasteiger partial charge in [-0.2, -0.15) is 0 Å². The Morgan fingerprint density at radius 1 is 1.22 bits per heavy atom. The van der Waals surface area contributed by atoms with Crippen molar-refractivity contribution in [1.29, 1.82) is 0 Å². The summed E-state index contributed by atoms with van der Waals surface area (Å²) in [5.41, 5.74) is 3.36. The van der Waals surface area contributed by atoms with Gasteiger partial charge in [-0.3, -0.25) is 14.4 Å². The molecule has 2 aliphatic rings. The first-order chi connectivity index (χ1) is 13.0. The third kappa shape index (κ3) is 3.29. The Bertz CT molecular complexity index is 946. The summed E-state index contributed by atoms with van der Waals surface area (Å²) >= 11 is 0. The van der Waals surface area contributed by atoms with E-state index in [0.29, 0.717) is 30.0 Å². The van der Waals surface area contributed by atoms with Crippen LogP contribution in [0.4, 0.5) is 11.4 Å². The van der Waals surface area contributed by atoms with E-state index in [9.17, 15) is 14.4 Å².